The standard InChI is InChI=1S/C17H23BN6O5S/c1-28-11-3-2-10-8-12(18(27)29-15(10)14(11)16(25)26)30-17-22-21-13(24(17)19)9-23-6-4-20-5-7-23/h2-3,12,20,27H,4-9,19H2,1H3,(H,25,26)/t12-/m0/s1. The summed E-state index contributed by atoms with van der Waals surface area (Å²) in [6, 6.07) is 3.32. The van der Waals surface area contributed by atoms with Gasteiger partial charge in [-0.15, -0.1) is 10.2 Å². The van der Waals surface area contributed by atoms with Crippen LogP contribution >= 0.6 is 11.8 Å². The van der Waals surface area contributed by atoms with Crippen molar-refractivity contribution in [2.45, 2.75) is 23.3 Å². The van der Waals surface area contributed by atoms with Crippen LogP contribution in [0.5, 0.6) is 11.5 Å². The summed E-state index contributed by atoms with van der Waals surface area (Å²) in [6.45, 7) is 4.27. The van der Waals surface area contributed by atoms with Gasteiger partial charge >= 0.3 is 13.1 Å². The van der Waals surface area contributed by atoms with Gasteiger partial charge in [0.05, 0.1) is 18.8 Å². The van der Waals surface area contributed by atoms with Crippen molar-refractivity contribution in [3.05, 3.63) is 29.1 Å². The molecule has 0 spiro atoms. The quantitative estimate of drug-likeness (QED) is 0.335. The maximum absolute atomic E-state index is 11.6. The van der Waals surface area contributed by atoms with Crippen LogP contribution in [0.3, 0.4) is 0 Å². The third-order valence-electron chi connectivity index (χ3n) is 5.18. The van der Waals surface area contributed by atoms with Crippen molar-refractivity contribution in [3.8, 4) is 11.5 Å². The van der Waals surface area contributed by atoms with Crippen molar-refractivity contribution in [1.82, 2.24) is 25.1 Å². The highest BCUT2D eigenvalue weighted by molar-refractivity contribution is 8.01. The first-order valence-electron chi connectivity index (χ1n) is 9.55. The summed E-state index contributed by atoms with van der Waals surface area (Å²) in [5.74, 6) is 5.96. The van der Waals surface area contributed by atoms with Crippen molar-refractivity contribution in [2.24, 2.45) is 0 Å². The molecule has 2 aromatic rings. The van der Waals surface area contributed by atoms with E-state index in [1.54, 1.807) is 12.1 Å². The molecule has 2 aliphatic heterocycles. The van der Waals surface area contributed by atoms with Crippen molar-refractivity contribution in [3.63, 3.8) is 0 Å². The minimum Gasteiger partial charge on any atom is -0.534 e. The van der Waals surface area contributed by atoms with Gasteiger partial charge in [-0.1, -0.05) is 17.8 Å². The summed E-state index contributed by atoms with van der Waals surface area (Å²) in [6.07, 6.45) is 0.380. The average molecular weight is 434 g/mol. The number of nitrogens with two attached hydrogens (primary N) is 1. The van der Waals surface area contributed by atoms with Crippen LogP contribution in [0.1, 0.15) is 21.7 Å². The third-order valence-corrected chi connectivity index (χ3v) is 6.37. The van der Waals surface area contributed by atoms with Gasteiger partial charge < -0.3 is 30.7 Å². The molecule has 1 atom stereocenters. The van der Waals surface area contributed by atoms with Gasteiger partial charge in [-0.2, -0.15) is 0 Å². The number of ether oxygens (including phenoxy) is 1. The molecule has 30 heavy (non-hydrogen) atoms. The lowest BCUT2D eigenvalue weighted by molar-refractivity contribution is 0.0690. The first kappa shape index (κ1) is 20.8. The first-order chi connectivity index (χ1) is 14.5. The highest BCUT2D eigenvalue weighted by Crippen LogP contribution is 2.39. The maximum atomic E-state index is 11.6. The van der Waals surface area contributed by atoms with Crippen LogP contribution < -0.4 is 20.6 Å². The van der Waals surface area contributed by atoms with E-state index in [1.807, 2.05) is 0 Å². The monoisotopic (exact) mass is 434 g/mol. The van der Waals surface area contributed by atoms with E-state index in [0.717, 1.165) is 26.2 Å². The van der Waals surface area contributed by atoms with Crippen molar-refractivity contribution in [1.29, 1.82) is 0 Å². The number of nitrogens with one attached hydrogen (secondary N) is 1. The fourth-order valence-electron chi connectivity index (χ4n) is 3.59. The molecule has 0 radical (unpaired) electrons. The fraction of sp³-hybridized carbons (Fsp3) is 0.471. The molecule has 0 aliphatic carbocycles. The van der Waals surface area contributed by atoms with E-state index in [4.69, 9.17) is 15.2 Å². The number of nitrogen functional groups attached to an aromatic ring is 1. The van der Waals surface area contributed by atoms with Crippen LogP contribution in [0.2, 0.25) is 0 Å². The fourth-order valence-corrected chi connectivity index (χ4v) is 4.60. The van der Waals surface area contributed by atoms with E-state index in [0.29, 0.717) is 29.5 Å². The number of nitrogens with zero attached hydrogens (tertiary/aromatic N) is 4. The van der Waals surface area contributed by atoms with Crippen molar-refractivity contribution < 1.29 is 24.3 Å². The van der Waals surface area contributed by atoms with Crippen molar-refractivity contribution in [2.75, 3.05) is 39.1 Å². The van der Waals surface area contributed by atoms with Crippen LogP contribution in [0.25, 0.3) is 0 Å². The summed E-state index contributed by atoms with van der Waals surface area (Å²) in [7, 11) is 0.152. The number of aromatic nitrogens is 3. The number of aromatic carboxylic acids is 1. The summed E-state index contributed by atoms with van der Waals surface area (Å²) >= 11 is 1.25. The number of fused-ring (bicyclic) bond motifs is 1. The number of hydrogen-bond donors (Lipinski definition) is 4. The summed E-state index contributed by atoms with van der Waals surface area (Å²) in [5.41, 5.74) is 0.568. The van der Waals surface area contributed by atoms with Crippen LogP contribution in [-0.4, -0.2) is 81.4 Å². The molecule has 4 rings (SSSR count). The predicted octanol–water partition coefficient (Wildman–Crippen LogP) is -0.781. The molecular weight excluding hydrogens is 411 g/mol. The lowest BCUT2D eigenvalue weighted by Crippen LogP contribution is -2.43. The van der Waals surface area contributed by atoms with Gasteiger partial charge in [-0.05, 0) is 18.1 Å². The third kappa shape index (κ3) is 4.06. The van der Waals surface area contributed by atoms with E-state index in [1.165, 1.54) is 23.5 Å². The molecule has 13 heteroatoms. The Bertz CT molecular complexity index is 938. The summed E-state index contributed by atoms with van der Waals surface area (Å²) in [5, 5.41) is 31.7. The zero-order chi connectivity index (χ0) is 21.3. The van der Waals surface area contributed by atoms with E-state index >= 15 is 0 Å². The van der Waals surface area contributed by atoms with E-state index in [-0.39, 0.29) is 17.1 Å². The average Bonchev–Trinajstić information content (AvgIpc) is 3.07. The minimum atomic E-state index is -1.24. The molecule has 3 heterocycles. The Hall–Kier alpha value is -2.48. The van der Waals surface area contributed by atoms with Gasteiger partial charge in [0.2, 0.25) is 5.16 Å². The number of methoxy groups -OCH3 is 1. The largest absolute Gasteiger partial charge is 0.537 e. The van der Waals surface area contributed by atoms with Crippen molar-refractivity contribution >= 4 is 24.8 Å². The lowest BCUT2D eigenvalue weighted by Gasteiger charge is -2.28. The second kappa shape index (κ2) is 8.72. The van der Waals surface area contributed by atoms with E-state index in [2.05, 4.69) is 20.4 Å². The topological polar surface area (TPSA) is 148 Å². The Morgan fingerprint density at radius 1 is 1.43 bits per heavy atom. The van der Waals surface area contributed by atoms with Gasteiger partial charge in [-0.25, -0.2) is 9.47 Å². The van der Waals surface area contributed by atoms with Gasteiger partial charge in [0, 0.05) is 26.2 Å². The number of carbonyl (C=O) groups is 1. The summed E-state index contributed by atoms with van der Waals surface area (Å²) < 4.78 is 12.1. The van der Waals surface area contributed by atoms with Gasteiger partial charge in [0.25, 0.3) is 0 Å². The van der Waals surface area contributed by atoms with Gasteiger partial charge in [0.15, 0.2) is 5.82 Å². The second-order valence-electron chi connectivity index (χ2n) is 7.10. The number of piperazine rings is 1. The number of benzene rings is 1. The Kier molecular flexibility index (Phi) is 6.04. The molecule has 160 valence electrons. The predicted molar refractivity (Wildman–Crippen MR) is 110 cm³/mol. The zero-order valence-corrected chi connectivity index (χ0v) is 17.3. The highest BCUT2D eigenvalue weighted by Gasteiger charge is 2.39. The maximum Gasteiger partial charge on any atom is 0.537 e. The Morgan fingerprint density at radius 3 is 2.90 bits per heavy atom. The number of thioether (sulfide) groups is 1. The molecule has 0 unspecified atom stereocenters. The van der Waals surface area contributed by atoms with Crippen LogP contribution in [0.4, 0.5) is 0 Å². The molecule has 1 fully saturated rings. The number of hydrogen-bond acceptors (Lipinski definition) is 10. The second-order valence-corrected chi connectivity index (χ2v) is 8.31. The molecule has 0 bridgehead atoms. The lowest BCUT2D eigenvalue weighted by atomic mass is 9.77. The molecule has 2 aliphatic rings. The summed E-state index contributed by atoms with van der Waals surface area (Å²) in [4.78, 5) is 13.9. The van der Waals surface area contributed by atoms with E-state index < -0.39 is 18.2 Å². The van der Waals surface area contributed by atoms with Crippen LogP contribution in [0.15, 0.2) is 17.3 Å². The number of carboxylic acid groups (broad SMARTS) is 1. The molecule has 5 N–H and O–H groups in total. The molecule has 11 nitrogen and oxygen atoms in total. The van der Waals surface area contributed by atoms with E-state index in [9.17, 15) is 14.9 Å². The van der Waals surface area contributed by atoms with Crippen LogP contribution in [0, 0.1) is 0 Å². The minimum absolute atomic E-state index is 0.0993. The Labute approximate surface area is 177 Å². The first-order valence-corrected chi connectivity index (χ1v) is 10.4. The molecular formula is C17H23BN6O5S. The Balaban J connectivity index is 1.50. The van der Waals surface area contributed by atoms with Crippen LogP contribution in [-0.2, 0) is 13.0 Å². The smallest absolute Gasteiger partial charge is 0.534 e. The molecule has 0 amide bonds. The number of carboxylic acids is 1. The molecule has 1 aromatic heterocycles. The highest BCUT2D eigenvalue weighted by atomic mass is 32.2. The SMILES string of the molecule is COc1ccc2c(c1C(=O)O)OB(O)[C@@H](Sc1nnc(CN3CCNCC3)n1N)C2. The molecule has 1 aromatic carbocycles. The molecule has 1 saturated heterocycles. The number of rotatable bonds is 6. The zero-order valence-electron chi connectivity index (χ0n) is 16.4. The Morgan fingerprint density at radius 2 is 2.20 bits per heavy atom. The van der Waals surface area contributed by atoms with Gasteiger partial charge in [-0.3, -0.25) is 4.90 Å². The molecule has 0 saturated carbocycles. The normalized spacial score (nSPS) is 19.3. The van der Waals surface area contributed by atoms with Gasteiger partial charge in [0.1, 0.15) is 17.1 Å².